The van der Waals surface area contributed by atoms with Gasteiger partial charge in [0.05, 0.1) is 15.4 Å². The van der Waals surface area contributed by atoms with Crippen LogP contribution in [-0.2, 0) is 9.84 Å². The molecule has 4 aromatic carbocycles. The first-order valence-electron chi connectivity index (χ1n) is 9.17. The van der Waals surface area contributed by atoms with Crippen LogP contribution in [0.2, 0.25) is 0 Å². The summed E-state index contributed by atoms with van der Waals surface area (Å²) in [5.74, 6) is -0.602. The lowest BCUT2D eigenvalue weighted by molar-refractivity contribution is -0.387. The molecule has 0 bridgehead atoms. The molecule has 0 N–H and O–H groups in total. The van der Waals surface area contributed by atoms with Gasteiger partial charge in [0, 0.05) is 11.5 Å². The second kappa shape index (κ2) is 8.00. The van der Waals surface area contributed by atoms with Crippen molar-refractivity contribution in [2.75, 3.05) is 0 Å². The van der Waals surface area contributed by atoms with E-state index in [9.17, 15) is 23.3 Å². The Hall–Kier alpha value is -4.04. The van der Waals surface area contributed by atoms with Gasteiger partial charge in [0.1, 0.15) is 10.6 Å². The molecule has 0 aromatic heterocycles. The molecular weight excluding hydrogens is 418 g/mol. The number of esters is 1. The molecule has 4 aromatic rings. The Labute approximate surface area is 177 Å². The Balaban J connectivity index is 1.79. The standard InChI is InChI=1S/C23H15NO6S/c25-23(30-20-13-7-9-16-8-1-2-10-17(16)20)18-11-3-5-14-21(18)31(28,29)22-15-6-4-12-19(22)24(26)27/h1-15H. The van der Waals surface area contributed by atoms with Crippen LogP contribution in [-0.4, -0.2) is 19.3 Å². The molecule has 0 amide bonds. The molecule has 0 saturated carbocycles. The van der Waals surface area contributed by atoms with Crippen LogP contribution in [0.25, 0.3) is 10.8 Å². The summed E-state index contributed by atoms with van der Waals surface area (Å²) in [4.78, 5) is 22.7. The Morgan fingerprint density at radius 3 is 2.16 bits per heavy atom. The number of sulfone groups is 1. The van der Waals surface area contributed by atoms with Gasteiger partial charge in [-0.15, -0.1) is 0 Å². The number of ether oxygens (including phenoxy) is 1. The molecule has 0 atom stereocenters. The smallest absolute Gasteiger partial charge is 0.344 e. The maximum absolute atomic E-state index is 13.2. The minimum Gasteiger partial charge on any atom is -0.422 e. The summed E-state index contributed by atoms with van der Waals surface area (Å²) in [6, 6.07) is 23.0. The van der Waals surface area contributed by atoms with Crippen molar-refractivity contribution in [1.29, 1.82) is 0 Å². The van der Waals surface area contributed by atoms with E-state index < -0.39 is 31.3 Å². The summed E-state index contributed by atoms with van der Waals surface area (Å²) in [6.07, 6.45) is 0. The maximum Gasteiger partial charge on any atom is 0.344 e. The third kappa shape index (κ3) is 3.76. The SMILES string of the molecule is O=C(Oc1cccc2ccccc12)c1ccccc1S(=O)(=O)c1ccccc1[N+](=O)[O-]. The van der Waals surface area contributed by atoms with E-state index in [1.807, 2.05) is 18.2 Å². The van der Waals surface area contributed by atoms with Crippen molar-refractivity contribution >= 4 is 32.3 Å². The van der Waals surface area contributed by atoms with E-state index in [4.69, 9.17) is 4.74 Å². The van der Waals surface area contributed by atoms with Crippen molar-refractivity contribution < 1.29 is 22.9 Å². The fourth-order valence-electron chi connectivity index (χ4n) is 3.26. The number of carbonyl (C=O) groups excluding carboxylic acids is 1. The van der Waals surface area contributed by atoms with E-state index in [-0.39, 0.29) is 16.2 Å². The molecule has 0 aliphatic heterocycles. The van der Waals surface area contributed by atoms with Gasteiger partial charge < -0.3 is 4.74 Å². The molecule has 0 saturated heterocycles. The topological polar surface area (TPSA) is 104 Å². The van der Waals surface area contributed by atoms with Gasteiger partial charge in [-0.1, -0.05) is 60.7 Å². The number of nitrogens with zero attached hydrogens (tertiary/aromatic N) is 1. The van der Waals surface area contributed by atoms with Crippen molar-refractivity contribution in [2.24, 2.45) is 0 Å². The van der Waals surface area contributed by atoms with Crippen molar-refractivity contribution in [3.8, 4) is 5.75 Å². The molecule has 0 radical (unpaired) electrons. The normalized spacial score (nSPS) is 11.2. The molecule has 0 spiro atoms. The molecule has 0 heterocycles. The van der Waals surface area contributed by atoms with Gasteiger partial charge >= 0.3 is 5.97 Å². The van der Waals surface area contributed by atoms with E-state index in [1.165, 1.54) is 36.4 Å². The molecule has 154 valence electrons. The second-order valence-corrected chi connectivity index (χ2v) is 8.48. The Morgan fingerprint density at radius 1 is 0.774 bits per heavy atom. The highest BCUT2D eigenvalue weighted by Crippen LogP contribution is 2.32. The molecular formula is C23H15NO6S. The van der Waals surface area contributed by atoms with E-state index in [0.29, 0.717) is 5.39 Å². The largest absolute Gasteiger partial charge is 0.422 e. The summed E-state index contributed by atoms with van der Waals surface area (Å²) >= 11 is 0. The molecule has 0 unspecified atom stereocenters. The van der Waals surface area contributed by atoms with Crippen molar-refractivity contribution in [2.45, 2.75) is 9.79 Å². The van der Waals surface area contributed by atoms with Crippen LogP contribution in [0.3, 0.4) is 0 Å². The lowest BCUT2D eigenvalue weighted by atomic mass is 10.1. The highest BCUT2D eigenvalue weighted by molar-refractivity contribution is 7.91. The van der Waals surface area contributed by atoms with E-state index in [2.05, 4.69) is 0 Å². The van der Waals surface area contributed by atoms with Gasteiger partial charge in [0.2, 0.25) is 9.84 Å². The van der Waals surface area contributed by atoms with Crippen LogP contribution in [0.4, 0.5) is 5.69 Å². The van der Waals surface area contributed by atoms with Crippen molar-refractivity contribution in [3.63, 3.8) is 0 Å². The first-order chi connectivity index (χ1) is 14.9. The van der Waals surface area contributed by atoms with Gasteiger partial charge in [0.15, 0.2) is 0 Å². The predicted molar refractivity (Wildman–Crippen MR) is 114 cm³/mol. The summed E-state index contributed by atoms with van der Waals surface area (Å²) in [7, 11) is -4.37. The number of para-hydroxylation sites is 1. The Kier molecular flexibility index (Phi) is 5.22. The highest BCUT2D eigenvalue weighted by Gasteiger charge is 2.31. The number of hydrogen-bond donors (Lipinski definition) is 0. The average Bonchev–Trinajstić information content (AvgIpc) is 2.79. The summed E-state index contributed by atoms with van der Waals surface area (Å²) in [5.41, 5.74) is -0.784. The first kappa shape index (κ1) is 20.2. The van der Waals surface area contributed by atoms with Gasteiger partial charge in [-0.2, -0.15) is 0 Å². The van der Waals surface area contributed by atoms with E-state index in [0.717, 1.165) is 17.5 Å². The summed E-state index contributed by atoms with van der Waals surface area (Å²) < 4.78 is 32.0. The third-order valence-electron chi connectivity index (χ3n) is 4.70. The Morgan fingerprint density at radius 2 is 1.39 bits per heavy atom. The van der Waals surface area contributed by atoms with Crippen LogP contribution in [0.1, 0.15) is 10.4 Å². The fourth-order valence-corrected chi connectivity index (χ4v) is 4.87. The molecule has 8 heteroatoms. The van der Waals surface area contributed by atoms with Crippen LogP contribution >= 0.6 is 0 Å². The second-order valence-electron chi connectivity index (χ2n) is 6.59. The van der Waals surface area contributed by atoms with E-state index in [1.54, 1.807) is 24.3 Å². The lowest BCUT2D eigenvalue weighted by Crippen LogP contribution is -2.15. The van der Waals surface area contributed by atoms with Crippen LogP contribution in [0.5, 0.6) is 5.75 Å². The average molecular weight is 433 g/mol. The van der Waals surface area contributed by atoms with Crippen LogP contribution in [0, 0.1) is 10.1 Å². The van der Waals surface area contributed by atoms with Crippen molar-refractivity contribution in [1.82, 2.24) is 0 Å². The molecule has 31 heavy (non-hydrogen) atoms. The number of rotatable bonds is 5. The zero-order valence-corrected chi connectivity index (χ0v) is 16.8. The number of fused-ring (bicyclic) bond motifs is 1. The highest BCUT2D eigenvalue weighted by atomic mass is 32.2. The summed E-state index contributed by atoms with van der Waals surface area (Å²) in [5, 5.41) is 12.9. The number of nitro benzene ring substituents is 1. The number of hydrogen-bond acceptors (Lipinski definition) is 6. The molecule has 0 aliphatic carbocycles. The van der Waals surface area contributed by atoms with Gasteiger partial charge in [-0.25, -0.2) is 13.2 Å². The van der Waals surface area contributed by atoms with Gasteiger partial charge in [-0.05, 0) is 29.7 Å². The zero-order chi connectivity index (χ0) is 22.0. The molecule has 4 rings (SSSR count). The first-order valence-corrected chi connectivity index (χ1v) is 10.7. The number of nitro groups is 1. The predicted octanol–water partition coefficient (Wildman–Crippen LogP) is 4.80. The lowest BCUT2D eigenvalue weighted by Gasteiger charge is -2.12. The number of carbonyl (C=O) groups is 1. The van der Waals surface area contributed by atoms with Crippen molar-refractivity contribution in [3.05, 3.63) is 107 Å². The van der Waals surface area contributed by atoms with E-state index >= 15 is 0 Å². The van der Waals surface area contributed by atoms with Crippen LogP contribution in [0.15, 0.2) is 101 Å². The number of benzene rings is 4. The fraction of sp³-hybridized carbons (Fsp3) is 0. The minimum atomic E-state index is -4.37. The molecule has 0 fully saturated rings. The zero-order valence-electron chi connectivity index (χ0n) is 16.0. The van der Waals surface area contributed by atoms with Crippen LogP contribution < -0.4 is 4.74 Å². The third-order valence-corrected chi connectivity index (χ3v) is 6.56. The maximum atomic E-state index is 13.2. The molecule has 7 nitrogen and oxygen atoms in total. The monoisotopic (exact) mass is 433 g/mol. The van der Waals surface area contributed by atoms with Gasteiger partial charge in [0.25, 0.3) is 5.69 Å². The van der Waals surface area contributed by atoms with Gasteiger partial charge in [-0.3, -0.25) is 10.1 Å². The summed E-state index contributed by atoms with van der Waals surface area (Å²) in [6.45, 7) is 0. The molecule has 0 aliphatic rings. The Bertz CT molecular complexity index is 1420. The minimum absolute atomic E-state index is 0.214. The quantitative estimate of drug-likeness (QED) is 0.194.